The van der Waals surface area contributed by atoms with E-state index in [0.717, 1.165) is 12.6 Å². The number of hydrogen-bond donors (Lipinski definition) is 1. The second kappa shape index (κ2) is 8.93. The Hall–Kier alpha value is -0.120. The minimum atomic E-state index is 0.910. The summed E-state index contributed by atoms with van der Waals surface area (Å²) < 4.78 is 0. The Morgan fingerprint density at radius 3 is 2.37 bits per heavy atom. The molecule has 112 valence electrons. The van der Waals surface area contributed by atoms with E-state index in [1.807, 2.05) is 0 Å². The average molecular weight is 267 g/mol. The molecule has 2 rings (SSSR count). The summed E-state index contributed by atoms with van der Waals surface area (Å²) in [6, 6.07) is 0.910. The first-order valence-corrected chi connectivity index (χ1v) is 8.57. The summed E-state index contributed by atoms with van der Waals surface area (Å²) in [6.45, 7) is 11.3. The fourth-order valence-corrected chi connectivity index (χ4v) is 3.55. The molecule has 0 unspecified atom stereocenters. The van der Waals surface area contributed by atoms with Crippen LogP contribution in [0, 0.1) is 0 Å². The van der Waals surface area contributed by atoms with Gasteiger partial charge in [0, 0.05) is 6.04 Å². The predicted octanol–water partition coefficient (Wildman–Crippen LogP) is 2.33. The zero-order chi connectivity index (χ0) is 13.3. The van der Waals surface area contributed by atoms with Gasteiger partial charge in [-0.2, -0.15) is 0 Å². The fourth-order valence-electron chi connectivity index (χ4n) is 3.55. The molecule has 0 radical (unpaired) electrons. The van der Waals surface area contributed by atoms with Crippen LogP contribution >= 0.6 is 0 Å². The molecule has 19 heavy (non-hydrogen) atoms. The Labute approximate surface area is 119 Å². The zero-order valence-electron chi connectivity index (χ0n) is 12.9. The van der Waals surface area contributed by atoms with Gasteiger partial charge in [0.15, 0.2) is 0 Å². The van der Waals surface area contributed by atoms with Crippen LogP contribution in [0.15, 0.2) is 0 Å². The Bertz CT molecular complexity index is 218. The summed E-state index contributed by atoms with van der Waals surface area (Å²) in [7, 11) is 0. The van der Waals surface area contributed by atoms with Gasteiger partial charge in [-0.25, -0.2) is 0 Å². The van der Waals surface area contributed by atoms with E-state index < -0.39 is 0 Å². The quantitative estimate of drug-likeness (QED) is 0.681. The maximum atomic E-state index is 3.40. The first-order valence-electron chi connectivity index (χ1n) is 8.57. The second-order valence-corrected chi connectivity index (χ2v) is 6.23. The summed E-state index contributed by atoms with van der Waals surface area (Å²) >= 11 is 0. The number of nitrogens with zero attached hydrogens (tertiary/aromatic N) is 2. The molecule has 0 bridgehead atoms. The van der Waals surface area contributed by atoms with Crippen molar-refractivity contribution in [1.82, 2.24) is 15.1 Å². The molecule has 1 N–H and O–H groups in total. The van der Waals surface area contributed by atoms with E-state index in [0.29, 0.717) is 0 Å². The van der Waals surface area contributed by atoms with Crippen LogP contribution in [-0.2, 0) is 0 Å². The molecule has 2 heterocycles. The molecule has 2 aliphatic heterocycles. The average Bonchev–Trinajstić information content (AvgIpc) is 2.97. The van der Waals surface area contributed by atoms with Crippen molar-refractivity contribution in [3.63, 3.8) is 0 Å². The smallest absolute Gasteiger partial charge is 0.0120 e. The van der Waals surface area contributed by atoms with Crippen LogP contribution in [-0.4, -0.2) is 61.7 Å². The standard InChI is InChI=1S/C16H33N3/c1-2-17-10-4-3-5-11-18-14-8-16(9-15-18)19-12-6-7-13-19/h16-17H,2-15H2,1H3. The summed E-state index contributed by atoms with van der Waals surface area (Å²) in [5.41, 5.74) is 0. The zero-order valence-corrected chi connectivity index (χ0v) is 12.9. The Morgan fingerprint density at radius 2 is 1.68 bits per heavy atom. The lowest BCUT2D eigenvalue weighted by Crippen LogP contribution is -2.44. The van der Waals surface area contributed by atoms with Crippen molar-refractivity contribution in [2.24, 2.45) is 0 Å². The summed E-state index contributed by atoms with van der Waals surface area (Å²) in [5.74, 6) is 0. The van der Waals surface area contributed by atoms with Gasteiger partial charge in [0.2, 0.25) is 0 Å². The Kier molecular flexibility index (Phi) is 7.18. The lowest BCUT2D eigenvalue weighted by atomic mass is 10.0. The molecular formula is C16H33N3. The van der Waals surface area contributed by atoms with E-state index in [2.05, 4.69) is 22.0 Å². The van der Waals surface area contributed by atoms with Crippen molar-refractivity contribution in [2.75, 3.05) is 45.8 Å². The van der Waals surface area contributed by atoms with Gasteiger partial charge in [-0.1, -0.05) is 13.3 Å². The van der Waals surface area contributed by atoms with E-state index in [9.17, 15) is 0 Å². The van der Waals surface area contributed by atoms with Gasteiger partial charge in [-0.15, -0.1) is 0 Å². The second-order valence-electron chi connectivity index (χ2n) is 6.23. The van der Waals surface area contributed by atoms with Gasteiger partial charge in [-0.05, 0) is 84.3 Å². The maximum Gasteiger partial charge on any atom is 0.0120 e. The topological polar surface area (TPSA) is 18.5 Å². The SMILES string of the molecule is CCNCCCCCN1CCC(N2CCCC2)CC1. The molecule has 0 aromatic heterocycles. The lowest BCUT2D eigenvalue weighted by molar-refractivity contribution is 0.125. The Balaban J connectivity index is 1.49. The van der Waals surface area contributed by atoms with Crippen molar-refractivity contribution >= 4 is 0 Å². The van der Waals surface area contributed by atoms with Gasteiger partial charge in [0.25, 0.3) is 0 Å². The van der Waals surface area contributed by atoms with Gasteiger partial charge >= 0.3 is 0 Å². The fraction of sp³-hybridized carbons (Fsp3) is 1.00. The van der Waals surface area contributed by atoms with Gasteiger partial charge in [-0.3, -0.25) is 0 Å². The maximum absolute atomic E-state index is 3.40. The van der Waals surface area contributed by atoms with Crippen molar-refractivity contribution in [3.05, 3.63) is 0 Å². The van der Waals surface area contributed by atoms with Crippen LogP contribution < -0.4 is 5.32 Å². The van der Waals surface area contributed by atoms with Gasteiger partial charge in [0.05, 0.1) is 0 Å². The molecule has 0 spiro atoms. The van der Waals surface area contributed by atoms with Gasteiger partial charge < -0.3 is 15.1 Å². The molecule has 0 amide bonds. The summed E-state index contributed by atoms with van der Waals surface area (Å²) in [6.07, 6.45) is 9.82. The van der Waals surface area contributed by atoms with E-state index in [4.69, 9.17) is 0 Å². The number of piperidine rings is 1. The molecule has 2 aliphatic rings. The third-order valence-electron chi connectivity index (χ3n) is 4.79. The van der Waals surface area contributed by atoms with Crippen molar-refractivity contribution in [3.8, 4) is 0 Å². The molecule has 0 aromatic rings. The highest BCUT2D eigenvalue weighted by Gasteiger charge is 2.25. The van der Waals surface area contributed by atoms with Crippen molar-refractivity contribution in [1.29, 1.82) is 0 Å². The molecular weight excluding hydrogens is 234 g/mol. The molecule has 2 fully saturated rings. The normalized spacial score (nSPS) is 23.2. The van der Waals surface area contributed by atoms with Crippen molar-refractivity contribution in [2.45, 2.75) is 57.9 Å². The molecule has 0 aliphatic carbocycles. The molecule has 0 saturated carbocycles. The number of hydrogen-bond acceptors (Lipinski definition) is 3. The number of unbranched alkanes of at least 4 members (excludes halogenated alkanes) is 2. The number of rotatable bonds is 8. The summed E-state index contributed by atoms with van der Waals surface area (Å²) in [4.78, 5) is 5.44. The number of likely N-dealkylation sites (tertiary alicyclic amines) is 2. The molecule has 3 heteroatoms. The van der Waals surface area contributed by atoms with E-state index in [1.54, 1.807) is 0 Å². The van der Waals surface area contributed by atoms with E-state index in [1.165, 1.54) is 84.2 Å². The molecule has 3 nitrogen and oxygen atoms in total. The van der Waals surface area contributed by atoms with Crippen LogP contribution in [0.1, 0.15) is 51.9 Å². The minimum absolute atomic E-state index is 0.910. The summed E-state index contributed by atoms with van der Waals surface area (Å²) in [5, 5.41) is 3.40. The van der Waals surface area contributed by atoms with Crippen molar-refractivity contribution < 1.29 is 0 Å². The molecule has 0 atom stereocenters. The monoisotopic (exact) mass is 267 g/mol. The first kappa shape index (κ1) is 15.3. The van der Waals surface area contributed by atoms with E-state index in [-0.39, 0.29) is 0 Å². The number of nitrogens with one attached hydrogen (secondary N) is 1. The minimum Gasteiger partial charge on any atom is -0.317 e. The first-order chi connectivity index (χ1) is 9.40. The third-order valence-corrected chi connectivity index (χ3v) is 4.79. The van der Waals surface area contributed by atoms with E-state index >= 15 is 0 Å². The molecule has 0 aromatic carbocycles. The third kappa shape index (κ3) is 5.41. The van der Waals surface area contributed by atoms with Crippen LogP contribution in [0.4, 0.5) is 0 Å². The van der Waals surface area contributed by atoms with Crippen LogP contribution in [0.3, 0.4) is 0 Å². The lowest BCUT2D eigenvalue weighted by Gasteiger charge is -2.36. The largest absolute Gasteiger partial charge is 0.317 e. The highest BCUT2D eigenvalue weighted by Crippen LogP contribution is 2.21. The Morgan fingerprint density at radius 1 is 0.947 bits per heavy atom. The highest BCUT2D eigenvalue weighted by molar-refractivity contribution is 4.82. The predicted molar refractivity (Wildman–Crippen MR) is 82.7 cm³/mol. The van der Waals surface area contributed by atoms with Gasteiger partial charge in [0.1, 0.15) is 0 Å². The molecule has 2 saturated heterocycles. The highest BCUT2D eigenvalue weighted by atomic mass is 15.2. The van der Waals surface area contributed by atoms with Crippen LogP contribution in [0.25, 0.3) is 0 Å². The van der Waals surface area contributed by atoms with Crippen LogP contribution in [0.5, 0.6) is 0 Å². The van der Waals surface area contributed by atoms with Crippen LogP contribution in [0.2, 0.25) is 0 Å².